The van der Waals surface area contributed by atoms with Crippen molar-refractivity contribution in [2.45, 2.75) is 0 Å². The fraction of sp³-hybridized carbons (Fsp3) is 0. The summed E-state index contributed by atoms with van der Waals surface area (Å²) in [6, 6.07) is 10.4. The van der Waals surface area contributed by atoms with Crippen LogP contribution in [0.5, 0.6) is 0 Å². The fourth-order valence-electron chi connectivity index (χ4n) is 1.44. The van der Waals surface area contributed by atoms with Crippen molar-refractivity contribution in [3.63, 3.8) is 0 Å². The zero-order chi connectivity index (χ0) is 14.0. The first-order valence-electron chi connectivity index (χ1n) is 5.19. The van der Waals surface area contributed by atoms with Crippen LogP contribution in [0.1, 0.15) is 10.4 Å². The van der Waals surface area contributed by atoms with Crippen molar-refractivity contribution in [1.82, 2.24) is 0 Å². The Morgan fingerprint density at radius 1 is 1.16 bits per heavy atom. The number of hydrogen-bond donors (Lipinski definition) is 1. The van der Waals surface area contributed by atoms with Crippen LogP contribution in [0.4, 0.5) is 5.69 Å². The van der Waals surface area contributed by atoms with Crippen LogP contribution in [-0.4, -0.2) is 5.91 Å². The first-order chi connectivity index (χ1) is 8.97. The molecule has 2 aromatic rings. The van der Waals surface area contributed by atoms with Crippen LogP contribution in [0.15, 0.2) is 40.9 Å². The van der Waals surface area contributed by atoms with Crippen LogP contribution >= 0.6 is 61.7 Å². The van der Waals surface area contributed by atoms with Gasteiger partial charge in [-0.05, 0) is 74.9 Å². The second-order valence-corrected chi connectivity index (χ2v) is 6.57. The summed E-state index contributed by atoms with van der Waals surface area (Å²) in [7, 11) is 0. The van der Waals surface area contributed by atoms with E-state index in [-0.39, 0.29) is 5.91 Å². The van der Waals surface area contributed by atoms with Crippen molar-refractivity contribution in [1.29, 1.82) is 0 Å². The maximum Gasteiger partial charge on any atom is 0.256 e. The number of rotatable bonds is 2. The summed E-state index contributed by atoms with van der Waals surface area (Å²) < 4.78 is 1.62. The third-order valence-electron chi connectivity index (χ3n) is 2.35. The van der Waals surface area contributed by atoms with Gasteiger partial charge in [0.25, 0.3) is 5.91 Å². The standard InChI is InChI=1S/C13H7BrCl2INO/c14-10-3-2-8(6-11(10)16)18-13(19)9-5-7(15)1-4-12(9)17/h1-6H,(H,18,19). The Balaban J connectivity index is 2.25. The van der Waals surface area contributed by atoms with Crippen LogP contribution in [-0.2, 0) is 0 Å². The first-order valence-corrected chi connectivity index (χ1v) is 7.81. The Morgan fingerprint density at radius 3 is 2.58 bits per heavy atom. The Bertz CT molecular complexity index is 649. The van der Waals surface area contributed by atoms with E-state index in [0.717, 1.165) is 8.04 Å². The summed E-state index contributed by atoms with van der Waals surface area (Å²) in [5.41, 5.74) is 1.17. The predicted molar refractivity (Wildman–Crippen MR) is 91.3 cm³/mol. The van der Waals surface area contributed by atoms with E-state index in [9.17, 15) is 4.79 Å². The van der Waals surface area contributed by atoms with E-state index >= 15 is 0 Å². The molecule has 98 valence electrons. The molecule has 0 bridgehead atoms. The second kappa shape index (κ2) is 6.43. The summed E-state index contributed by atoms with van der Waals surface area (Å²) in [6.45, 7) is 0. The lowest BCUT2D eigenvalue weighted by Gasteiger charge is -2.08. The molecule has 2 rings (SSSR count). The van der Waals surface area contributed by atoms with Gasteiger partial charge in [-0.2, -0.15) is 0 Å². The fourth-order valence-corrected chi connectivity index (χ4v) is 2.62. The average Bonchev–Trinajstić information content (AvgIpc) is 2.36. The average molecular weight is 471 g/mol. The molecule has 6 heteroatoms. The lowest BCUT2D eigenvalue weighted by molar-refractivity contribution is 0.102. The van der Waals surface area contributed by atoms with Crippen LogP contribution in [0.25, 0.3) is 0 Å². The number of halogens is 4. The van der Waals surface area contributed by atoms with Gasteiger partial charge in [-0.25, -0.2) is 0 Å². The van der Waals surface area contributed by atoms with Gasteiger partial charge in [0, 0.05) is 18.8 Å². The highest BCUT2D eigenvalue weighted by atomic mass is 127. The number of benzene rings is 2. The van der Waals surface area contributed by atoms with Crippen molar-refractivity contribution >= 4 is 73.3 Å². The maximum atomic E-state index is 12.2. The molecule has 0 aliphatic heterocycles. The monoisotopic (exact) mass is 469 g/mol. The lowest BCUT2D eigenvalue weighted by Crippen LogP contribution is -2.13. The Labute approximate surface area is 142 Å². The summed E-state index contributed by atoms with van der Waals surface area (Å²) in [5, 5.41) is 3.85. The number of anilines is 1. The van der Waals surface area contributed by atoms with Crippen molar-refractivity contribution < 1.29 is 4.79 Å². The van der Waals surface area contributed by atoms with Crippen molar-refractivity contribution in [2.75, 3.05) is 5.32 Å². The SMILES string of the molecule is O=C(Nc1ccc(Br)c(Cl)c1)c1cc(Cl)ccc1I. The van der Waals surface area contributed by atoms with Crippen molar-refractivity contribution in [3.05, 3.63) is 60.0 Å². The van der Waals surface area contributed by atoms with E-state index in [2.05, 4.69) is 43.8 Å². The van der Waals surface area contributed by atoms with Crippen molar-refractivity contribution in [3.8, 4) is 0 Å². The highest BCUT2D eigenvalue weighted by Gasteiger charge is 2.11. The van der Waals surface area contributed by atoms with Crippen molar-refractivity contribution in [2.24, 2.45) is 0 Å². The molecule has 19 heavy (non-hydrogen) atoms. The molecule has 0 atom stereocenters. The zero-order valence-electron chi connectivity index (χ0n) is 9.38. The van der Waals surface area contributed by atoms with Gasteiger partial charge in [0.2, 0.25) is 0 Å². The number of hydrogen-bond acceptors (Lipinski definition) is 1. The van der Waals surface area contributed by atoms with Crippen LogP contribution in [0.3, 0.4) is 0 Å². The molecule has 0 aliphatic carbocycles. The molecule has 0 spiro atoms. The molecule has 0 heterocycles. The smallest absolute Gasteiger partial charge is 0.256 e. The van der Waals surface area contributed by atoms with Gasteiger partial charge in [-0.3, -0.25) is 4.79 Å². The lowest BCUT2D eigenvalue weighted by atomic mass is 10.2. The molecular weight excluding hydrogens is 464 g/mol. The van der Waals surface area contributed by atoms with E-state index in [0.29, 0.717) is 21.3 Å². The topological polar surface area (TPSA) is 29.1 Å². The predicted octanol–water partition coefficient (Wildman–Crippen LogP) is 5.61. The molecule has 1 N–H and O–H groups in total. The molecule has 2 nitrogen and oxygen atoms in total. The van der Waals surface area contributed by atoms with Gasteiger partial charge in [0.1, 0.15) is 0 Å². The largest absolute Gasteiger partial charge is 0.322 e. The van der Waals surface area contributed by atoms with Crippen LogP contribution in [0, 0.1) is 3.57 Å². The van der Waals surface area contributed by atoms with Gasteiger partial charge in [-0.1, -0.05) is 23.2 Å². The second-order valence-electron chi connectivity index (χ2n) is 3.71. The molecule has 0 saturated heterocycles. The van der Waals surface area contributed by atoms with E-state index in [1.807, 2.05) is 0 Å². The maximum absolute atomic E-state index is 12.2. The molecular formula is C13H7BrCl2INO. The molecule has 0 fully saturated rings. The van der Waals surface area contributed by atoms with E-state index in [4.69, 9.17) is 23.2 Å². The Morgan fingerprint density at radius 2 is 1.89 bits per heavy atom. The third-order valence-corrected chi connectivity index (χ3v) is 4.76. The van der Waals surface area contributed by atoms with E-state index < -0.39 is 0 Å². The molecule has 0 radical (unpaired) electrons. The summed E-state index contributed by atoms with van der Waals surface area (Å²) in [6.07, 6.45) is 0. The normalized spacial score (nSPS) is 10.3. The summed E-state index contributed by atoms with van der Waals surface area (Å²) in [5.74, 6) is -0.217. The van der Waals surface area contributed by atoms with Crippen LogP contribution in [0.2, 0.25) is 10.0 Å². The van der Waals surface area contributed by atoms with Gasteiger partial charge in [-0.15, -0.1) is 0 Å². The molecule has 0 aliphatic rings. The van der Waals surface area contributed by atoms with Gasteiger partial charge in [0.05, 0.1) is 10.6 Å². The Kier molecular flexibility index (Phi) is 5.11. The van der Waals surface area contributed by atoms with Gasteiger partial charge < -0.3 is 5.32 Å². The highest BCUT2D eigenvalue weighted by molar-refractivity contribution is 14.1. The number of nitrogens with one attached hydrogen (secondary N) is 1. The number of carbonyl (C=O) groups is 1. The zero-order valence-corrected chi connectivity index (χ0v) is 14.6. The van der Waals surface area contributed by atoms with E-state index in [1.165, 1.54) is 0 Å². The minimum atomic E-state index is -0.217. The third kappa shape index (κ3) is 3.84. The highest BCUT2D eigenvalue weighted by Crippen LogP contribution is 2.26. The van der Waals surface area contributed by atoms with Gasteiger partial charge >= 0.3 is 0 Å². The van der Waals surface area contributed by atoms with Gasteiger partial charge in [0.15, 0.2) is 0 Å². The first kappa shape index (κ1) is 15.1. The quantitative estimate of drug-likeness (QED) is 0.568. The molecule has 1 amide bonds. The summed E-state index contributed by atoms with van der Waals surface area (Å²) >= 11 is 17.3. The number of amides is 1. The summed E-state index contributed by atoms with van der Waals surface area (Å²) in [4.78, 5) is 12.2. The molecule has 0 saturated carbocycles. The number of carbonyl (C=O) groups excluding carboxylic acids is 1. The van der Waals surface area contributed by atoms with Crippen LogP contribution < -0.4 is 5.32 Å². The molecule has 0 aromatic heterocycles. The van der Waals surface area contributed by atoms with E-state index in [1.54, 1.807) is 36.4 Å². The molecule has 2 aromatic carbocycles. The minimum absolute atomic E-state index is 0.217. The Hall–Kier alpha value is -0.300. The molecule has 0 unspecified atom stereocenters. The minimum Gasteiger partial charge on any atom is -0.322 e.